The molecule has 0 aromatic rings. The molecule has 0 N–H and O–H groups in total. The second-order valence-electron chi connectivity index (χ2n) is 2.64. The highest BCUT2D eigenvalue weighted by Crippen LogP contribution is 2.37. The average molecular weight is 130 g/mol. The molecule has 3 fully saturated rings. The molecule has 0 radical (unpaired) electrons. The summed E-state index contributed by atoms with van der Waals surface area (Å²) in [4.78, 5) is 0. The summed E-state index contributed by atoms with van der Waals surface area (Å²) in [5, 5.41) is 0. The van der Waals surface area contributed by atoms with Crippen LogP contribution in [0.5, 0.6) is 0 Å². The average Bonchev–Trinajstić information content (AvgIpc) is 1.92. The summed E-state index contributed by atoms with van der Waals surface area (Å²) in [6.07, 6.45) is 4.82. The maximum absolute atomic E-state index is 5.48. The second kappa shape index (κ2) is 1.97. The van der Waals surface area contributed by atoms with Crippen LogP contribution < -0.4 is 0 Å². The summed E-state index contributed by atoms with van der Waals surface area (Å²) >= 11 is 0. The molecule has 1 nitrogen and oxygen atoms in total. The first-order valence-corrected chi connectivity index (χ1v) is 4.58. The quantitative estimate of drug-likeness (QED) is 0.448. The second-order valence-corrected chi connectivity index (χ2v) is 4.27. The van der Waals surface area contributed by atoms with Gasteiger partial charge in [-0.3, -0.25) is 0 Å². The third kappa shape index (κ3) is 0.784. The van der Waals surface area contributed by atoms with Crippen molar-refractivity contribution in [3.8, 4) is 0 Å². The minimum atomic E-state index is 0.665. The van der Waals surface area contributed by atoms with Gasteiger partial charge in [-0.15, -0.1) is 8.58 Å². The molecule has 0 saturated carbocycles. The number of hydrogen-bond acceptors (Lipinski definition) is 1. The lowest BCUT2D eigenvalue weighted by Crippen LogP contribution is -2.34. The van der Waals surface area contributed by atoms with Crippen LogP contribution in [0.15, 0.2) is 0 Å². The van der Waals surface area contributed by atoms with Crippen LogP contribution in [0.4, 0.5) is 0 Å². The molecule has 46 valence electrons. The Morgan fingerprint density at radius 3 is 2.50 bits per heavy atom. The number of fused-ring (bicyclic) bond motifs is 3. The largest absolute Gasteiger partial charge is 0.377 e. The van der Waals surface area contributed by atoms with Gasteiger partial charge in [0, 0.05) is 5.66 Å². The molecular formula is C6H11OP. The molecular weight excluding hydrogens is 119 g/mol. The zero-order valence-corrected chi connectivity index (χ0v) is 5.89. The minimum absolute atomic E-state index is 0.665. The first-order valence-electron chi connectivity index (χ1n) is 3.30. The van der Waals surface area contributed by atoms with E-state index in [1.807, 2.05) is 0 Å². The van der Waals surface area contributed by atoms with E-state index in [1.54, 1.807) is 0 Å². The van der Waals surface area contributed by atoms with E-state index in [4.69, 9.17) is 4.74 Å². The third-order valence-electron chi connectivity index (χ3n) is 2.00. The van der Waals surface area contributed by atoms with E-state index in [1.165, 1.54) is 27.6 Å². The molecule has 0 amide bonds. The Labute approximate surface area is 51.6 Å². The molecule has 3 rings (SSSR count). The molecule has 0 aliphatic carbocycles. The first kappa shape index (κ1) is 5.20. The molecule has 2 bridgehead atoms. The Hall–Kier alpha value is 0.390. The standard InChI is InChI=1S/C6H11OP/c1-2-6-3-7-5(1)4-8-6/h5-6,8H,1-4H2. The van der Waals surface area contributed by atoms with E-state index in [9.17, 15) is 0 Å². The topological polar surface area (TPSA) is 9.23 Å². The van der Waals surface area contributed by atoms with Gasteiger partial charge in [0.15, 0.2) is 0 Å². The van der Waals surface area contributed by atoms with E-state index < -0.39 is 0 Å². The SMILES string of the molecule is C1CC2COC1CP2. The number of ether oxygens (including phenoxy) is 1. The van der Waals surface area contributed by atoms with Crippen molar-refractivity contribution in [3.63, 3.8) is 0 Å². The minimum Gasteiger partial charge on any atom is -0.377 e. The van der Waals surface area contributed by atoms with Crippen LogP contribution in [0.25, 0.3) is 0 Å². The molecule has 3 unspecified atom stereocenters. The van der Waals surface area contributed by atoms with Crippen molar-refractivity contribution in [2.24, 2.45) is 0 Å². The van der Waals surface area contributed by atoms with Gasteiger partial charge in [-0.2, -0.15) is 0 Å². The van der Waals surface area contributed by atoms with Gasteiger partial charge in [-0.25, -0.2) is 0 Å². The Morgan fingerprint density at radius 2 is 2.38 bits per heavy atom. The summed E-state index contributed by atoms with van der Waals surface area (Å²) in [6, 6.07) is 0. The van der Waals surface area contributed by atoms with E-state index in [-0.39, 0.29) is 0 Å². The molecule has 0 aromatic carbocycles. The van der Waals surface area contributed by atoms with Crippen LogP contribution in [0, 0.1) is 0 Å². The lowest BCUT2D eigenvalue weighted by Gasteiger charge is -2.35. The van der Waals surface area contributed by atoms with Gasteiger partial charge in [-0.1, -0.05) is 0 Å². The van der Waals surface area contributed by atoms with E-state index in [0.29, 0.717) is 6.10 Å². The van der Waals surface area contributed by atoms with Crippen molar-refractivity contribution < 1.29 is 4.74 Å². The highest BCUT2D eigenvalue weighted by molar-refractivity contribution is 7.39. The van der Waals surface area contributed by atoms with Crippen LogP contribution >= 0.6 is 8.58 Å². The molecule has 3 aliphatic heterocycles. The maximum atomic E-state index is 5.48. The molecule has 3 saturated heterocycles. The van der Waals surface area contributed by atoms with Crippen molar-refractivity contribution in [2.75, 3.05) is 12.8 Å². The van der Waals surface area contributed by atoms with Gasteiger partial charge >= 0.3 is 0 Å². The maximum Gasteiger partial charge on any atom is 0.0612 e. The fourth-order valence-electron chi connectivity index (χ4n) is 1.43. The van der Waals surface area contributed by atoms with Crippen LogP contribution in [-0.2, 0) is 4.74 Å². The smallest absolute Gasteiger partial charge is 0.0612 e. The van der Waals surface area contributed by atoms with E-state index >= 15 is 0 Å². The molecule has 3 heterocycles. The Morgan fingerprint density at radius 1 is 1.38 bits per heavy atom. The summed E-state index contributed by atoms with van der Waals surface area (Å²) in [7, 11) is 1.22. The van der Waals surface area contributed by atoms with Gasteiger partial charge in [0.2, 0.25) is 0 Å². The summed E-state index contributed by atoms with van der Waals surface area (Å²) in [5.74, 6) is 0. The molecule has 0 spiro atoms. The van der Waals surface area contributed by atoms with Gasteiger partial charge < -0.3 is 4.74 Å². The highest BCUT2D eigenvalue weighted by atomic mass is 31.1. The van der Waals surface area contributed by atoms with Gasteiger partial charge in [-0.05, 0) is 19.0 Å². The highest BCUT2D eigenvalue weighted by Gasteiger charge is 2.27. The fraction of sp³-hybridized carbons (Fsp3) is 1.00. The third-order valence-corrected chi connectivity index (χ3v) is 3.73. The van der Waals surface area contributed by atoms with Gasteiger partial charge in [0.25, 0.3) is 0 Å². The molecule has 3 aliphatic rings. The number of hydrogen-bond donors (Lipinski definition) is 0. The fourth-order valence-corrected chi connectivity index (χ4v) is 2.93. The van der Waals surface area contributed by atoms with Crippen LogP contribution in [0.2, 0.25) is 0 Å². The van der Waals surface area contributed by atoms with Crippen molar-refractivity contribution in [1.82, 2.24) is 0 Å². The predicted octanol–water partition coefficient (Wildman–Crippen LogP) is 1.23. The monoisotopic (exact) mass is 130 g/mol. The Bertz CT molecular complexity index is 63.5. The van der Waals surface area contributed by atoms with Crippen molar-refractivity contribution in [2.45, 2.75) is 24.6 Å². The van der Waals surface area contributed by atoms with E-state index in [2.05, 4.69) is 0 Å². The zero-order chi connectivity index (χ0) is 5.40. The molecule has 8 heavy (non-hydrogen) atoms. The van der Waals surface area contributed by atoms with Crippen molar-refractivity contribution in [1.29, 1.82) is 0 Å². The van der Waals surface area contributed by atoms with Gasteiger partial charge in [0.05, 0.1) is 12.7 Å². The lowest BCUT2D eigenvalue weighted by atomic mass is 10.1. The van der Waals surface area contributed by atoms with Crippen LogP contribution in [-0.4, -0.2) is 24.5 Å². The first-order chi connectivity index (χ1) is 3.95. The Balaban J connectivity index is 2.03. The van der Waals surface area contributed by atoms with E-state index in [0.717, 1.165) is 12.3 Å². The molecule has 3 atom stereocenters. The Kier molecular flexibility index (Phi) is 1.28. The van der Waals surface area contributed by atoms with Crippen LogP contribution in [0.1, 0.15) is 12.8 Å². The molecule has 2 heteroatoms. The zero-order valence-electron chi connectivity index (χ0n) is 4.89. The summed E-state index contributed by atoms with van der Waals surface area (Å²) < 4.78 is 5.48. The molecule has 0 aromatic heterocycles. The predicted molar refractivity (Wildman–Crippen MR) is 35.9 cm³/mol. The van der Waals surface area contributed by atoms with Crippen LogP contribution in [0.3, 0.4) is 0 Å². The van der Waals surface area contributed by atoms with Gasteiger partial charge in [0.1, 0.15) is 0 Å². The lowest BCUT2D eigenvalue weighted by molar-refractivity contribution is 0.0246. The normalized spacial score (nSPS) is 48.0. The van der Waals surface area contributed by atoms with Crippen molar-refractivity contribution >= 4 is 8.58 Å². The summed E-state index contributed by atoms with van der Waals surface area (Å²) in [6.45, 7) is 1.07. The number of rotatable bonds is 0. The summed E-state index contributed by atoms with van der Waals surface area (Å²) in [5.41, 5.74) is 0.958. The van der Waals surface area contributed by atoms with Crippen molar-refractivity contribution in [3.05, 3.63) is 0 Å².